The third kappa shape index (κ3) is 3.67. The summed E-state index contributed by atoms with van der Waals surface area (Å²) >= 11 is 0. The average Bonchev–Trinajstić information content (AvgIpc) is 2.00. The molecule has 12 heavy (non-hydrogen) atoms. The van der Waals surface area contributed by atoms with E-state index >= 15 is 0 Å². The molecule has 1 unspecified atom stereocenters. The van der Waals surface area contributed by atoms with Gasteiger partial charge < -0.3 is 5.11 Å². The van der Waals surface area contributed by atoms with Crippen molar-refractivity contribution in [2.24, 2.45) is 0 Å². The summed E-state index contributed by atoms with van der Waals surface area (Å²) < 4.78 is 0. The Labute approximate surface area is 74.3 Å². The van der Waals surface area contributed by atoms with Crippen molar-refractivity contribution in [3.63, 3.8) is 0 Å². The highest BCUT2D eigenvalue weighted by molar-refractivity contribution is 5.86. The predicted octanol–water partition coefficient (Wildman–Crippen LogP) is 2.07. The van der Waals surface area contributed by atoms with Gasteiger partial charge in [0.1, 0.15) is 5.60 Å². The van der Waals surface area contributed by atoms with E-state index < -0.39 is 5.60 Å². The largest absolute Gasteiger partial charge is 0.382 e. The van der Waals surface area contributed by atoms with Crippen LogP contribution in [0.1, 0.15) is 40.0 Å². The predicted molar refractivity (Wildman–Crippen MR) is 50.0 cm³/mol. The van der Waals surface area contributed by atoms with E-state index in [1.165, 1.54) is 0 Å². The van der Waals surface area contributed by atoms with Crippen molar-refractivity contribution in [2.45, 2.75) is 45.6 Å². The fourth-order valence-corrected chi connectivity index (χ4v) is 0.793. The van der Waals surface area contributed by atoms with Crippen molar-refractivity contribution in [2.75, 3.05) is 0 Å². The molecule has 0 saturated heterocycles. The zero-order valence-electron chi connectivity index (χ0n) is 8.18. The van der Waals surface area contributed by atoms with Crippen LogP contribution in [0.2, 0.25) is 0 Å². The Hall–Kier alpha value is -0.630. The van der Waals surface area contributed by atoms with Gasteiger partial charge in [0.2, 0.25) is 0 Å². The highest BCUT2D eigenvalue weighted by Gasteiger charge is 2.26. The van der Waals surface area contributed by atoms with Gasteiger partial charge in [0.05, 0.1) is 0 Å². The van der Waals surface area contributed by atoms with E-state index in [1.807, 2.05) is 6.92 Å². The van der Waals surface area contributed by atoms with Crippen molar-refractivity contribution in [3.8, 4) is 0 Å². The van der Waals surface area contributed by atoms with Crippen LogP contribution < -0.4 is 0 Å². The molecule has 0 aliphatic rings. The fraction of sp³-hybridized carbons (Fsp3) is 0.700. The van der Waals surface area contributed by atoms with E-state index in [4.69, 9.17) is 0 Å². The summed E-state index contributed by atoms with van der Waals surface area (Å²) in [6.07, 6.45) is 1.55. The lowest BCUT2D eigenvalue weighted by Gasteiger charge is -2.19. The molecule has 0 saturated carbocycles. The Kier molecular flexibility index (Phi) is 4.18. The van der Waals surface area contributed by atoms with E-state index in [0.717, 1.165) is 5.57 Å². The van der Waals surface area contributed by atoms with Crippen LogP contribution >= 0.6 is 0 Å². The van der Waals surface area contributed by atoms with Gasteiger partial charge in [-0.2, -0.15) is 0 Å². The van der Waals surface area contributed by atoms with Gasteiger partial charge in [-0.3, -0.25) is 4.79 Å². The molecule has 1 atom stereocenters. The number of carbonyl (C=O) groups is 1. The van der Waals surface area contributed by atoms with Gasteiger partial charge >= 0.3 is 0 Å². The van der Waals surface area contributed by atoms with Gasteiger partial charge in [-0.05, 0) is 26.7 Å². The first-order valence-corrected chi connectivity index (χ1v) is 4.30. The SMILES string of the molecule is C=C(C)CCC(=O)C(C)(O)CC. The molecule has 0 bridgehead atoms. The highest BCUT2D eigenvalue weighted by atomic mass is 16.3. The van der Waals surface area contributed by atoms with Gasteiger partial charge in [0.15, 0.2) is 5.78 Å². The zero-order valence-corrected chi connectivity index (χ0v) is 8.18. The van der Waals surface area contributed by atoms with Crippen LogP contribution in [0.3, 0.4) is 0 Å². The maximum Gasteiger partial charge on any atom is 0.164 e. The Balaban J connectivity index is 3.96. The van der Waals surface area contributed by atoms with Gasteiger partial charge in [0.25, 0.3) is 0 Å². The lowest BCUT2D eigenvalue weighted by Crippen LogP contribution is -2.33. The number of rotatable bonds is 5. The number of ketones is 1. The first-order chi connectivity index (χ1) is 5.40. The quantitative estimate of drug-likeness (QED) is 0.641. The van der Waals surface area contributed by atoms with Crippen LogP contribution in [-0.4, -0.2) is 16.5 Å². The number of aliphatic hydroxyl groups is 1. The molecule has 70 valence electrons. The molecule has 0 fully saturated rings. The minimum atomic E-state index is -1.14. The van der Waals surface area contributed by atoms with Crippen LogP contribution in [0.5, 0.6) is 0 Å². The maximum absolute atomic E-state index is 11.3. The summed E-state index contributed by atoms with van der Waals surface area (Å²) in [6.45, 7) is 8.95. The smallest absolute Gasteiger partial charge is 0.164 e. The molecule has 0 radical (unpaired) electrons. The molecule has 1 N–H and O–H groups in total. The van der Waals surface area contributed by atoms with Crippen molar-refractivity contribution in [1.82, 2.24) is 0 Å². The number of carbonyl (C=O) groups excluding carboxylic acids is 1. The zero-order chi connectivity index (χ0) is 9.78. The first-order valence-electron chi connectivity index (χ1n) is 4.30. The first kappa shape index (κ1) is 11.4. The molecule has 0 aromatic heterocycles. The minimum absolute atomic E-state index is 0.0898. The summed E-state index contributed by atoms with van der Waals surface area (Å²) in [5.41, 5.74) is -0.162. The third-order valence-electron chi connectivity index (χ3n) is 2.07. The Morgan fingerprint density at radius 2 is 2.00 bits per heavy atom. The number of Topliss-reactive ketones (excluding diaryl/α,β-unsaturated/α-hetero) is 1. The fourth-order valence-electron chi connectivity index (χ4n) is 0.793. The van der Waals surface area contributed by atoms with Crippen molar-refractivity contribution >= 4 is 5.78 Å². The van der Waals surface area contributed by atoms with Gasteiger partial charge in [-0.25, -0.2) is 0 Å². The normalized spacial score (nSPS) is 15.3. The number of hydrogen-bond donors (Lipinski definition) is 1. The Morgan fingerprint density at radius 3 is 2.33 bits per heavy atom. The molecule has 2 heteroatoms. The molecule has 0 aliphatic carbocycles. The molecule has 0 aromatic rings. The second kappa shape index (κ2) is 4.41. The van der Waals surface area contributed by atoms with Crippen LogP contribution in [-0.2, 0) is 4.79 Å². The summed E-state index contributed by atoms with van der Waals surface area (Å²) in [7, 11) is 0. The topological polar surface area (TPSA) is 37.3 Å². The standard InChI is InChI=1S/C10H18O2/c1-5-10(4,12)9(11)7-6-8(2)3/h12H,2,5-7H2,1,3-4H3. The van der Waals surface area contributed by atoms with Crippen molar-refractivity contribution in [1.29, 1.82) is 0 Å². The van der Waals surface area contributed by atoms with Gasteiger partial charge in [-0.15, -0.1) is 6.58 Å². The van der Waals surface area contributed by atoms with E-state index in [9.17, 15) is 9.90 Å². The van der Waals surface area contributed by atoms with E-state index in [1.54, 1.807) is 13.8 Å². The lowest BCUT2D eigenvalue weighted by atomic mass is 9.93. The highest BCUT2D eigenvalue weighted by Crippen LogP contribution is 2.14. The van der Waals surface area contributed by atoms with E-state index in [2.05, 4.69) is 6.58 Å². The summed E-state index contributed by atoms with van der Waals surface area (Å²) in [6, 6.07) is 0. The molecule has 0 heterocycles. The van der Waals surface area contributed by atoms with Gasteiger partial charge in [0, 0.05) is 6.42 Å². The van der Waals surface area contributed by atoms with Crippen LogP contribution in [0.15, 0.2) is 12.2 Å². The molecule has 0 aliphatic heterocycles. The minimum Gasteiger partial charge on any atom is -0.382 e. The lowest BCUT2D eigenvalue weighted by molar-refractivity contribution is -0.135. The summed E-state index contributed by atoms with van der Waals surface area (Å²) in [4.78, 5) is 11.3. The van der Waals surface area contributed by atoms with Crippen LogP contribution in [0.4, 0.5) is 0 Å². The van der Waals surface area contributed by atoms with Crippen molar-refractivity contribution < 1.29 is 9.90 Å². The second-order valence-electron chi connectivity index (χ2n) is 3.51. The van der Waals surface area contributed by atoms with E-state index in [-0.39, 0.29) is 5.78 Å². The second-order valence-corrected chi connectivity index (χ2v) is 3.51. The Bertz CT molecular complexity index is 180. The summed E-state index contributed by atoms with van der Waals surface area (Å²) in [5, 5.41) is 9.53. The van der Waals surface area contributed by atoms with Crippen LogP contribution in [0.25, 0.3) is 0 Å². The third-order valence-corrected chi connectivity index (χ3v) is 2.07. The Morgan fingerprint density at radius 1 is 1.50 bits per heavy atom. The summed E-state index contributed by atoms with van der Waals surface area (Å²) in [5.74, 6) is -0.0898. The number of allylic oxidation sites excluding steroid dienone is 1. The maximum atomic E-state index is 11.3. The van der Waals surface area contributed by atoms with Gasteiger partial charge in [-0.1, -0.05) is 12.5 Å². The molecule has 0 spiro atoms. The molecule has 0 aromatic carbocycles. The molecule has 2 nitrogen and oxygen atoms in total. The van der Waals surface area contributed by atoms with Crippen molar-refractivity contribution in [3.05, 3.63) is 12.2 Å². The van der Waals surface area contributed by atoms with E-state index in [0.29, 0.717) is 19.3 Å². The molecule has 0 amide bonds. The number of hydrogen-bond acceptors (Lipinski definition) is 2. The monoisotopic (exact) mass is 170 g/mol. The average molecular weight is 170 g/mol. The molecule has 0 rings (SSSR count). The molecular formula is C10H18O2. The van der Waals surface area contributed by atoms with Crippen LogP contribution in [0, 0.1) is 0 Å². The molecular weight excluding hydrogens is 152 g/mol.